The highest BCUT2D eigenvalue weighted by atomic mass is 16.5. The van der Waals surface area contributed by atoms with Gasteiger partial charge in [-0.15, -0.1) is 0 Å². The van der Waals surface area contributed by atoms with Crippen molar-refractivity contribution >= 4 is 17.1 Å². The van der Waals surface area contributed by atoms with Crippen LogP contribution in [0.15, 0.2) is 48.5 Å². The maximum atomic E-state index is 11.9. The van der Waals surface area contributed by atoms with E-state index in [-0.39, 0.29) is 5.56 Å². The number of carboxylic acids is 1. The fourth-order valence-corrected chi connectivity index (χ4v) is 3.19. The van der Waals surface area contributed by atoms with E-state index in [9.17, 15) is 9.90 Å². The molecule has 30 heavy (non-hydrogen) atoms. The van der Waals surface area contributed by atoms with Gasteiger partial charge in [0.15, 0.2) is 17.1 Å². The first-order valence-electron chi connectivity index (χ1n) is 9.05. The fourth-order valence-electron chi connectivity index (χ4n) is 3.19. The summed E-state index contributed by atoms with van der Waals surface area (Å²) in [6.45, 7) is 0. The molecule has 8 nitrogen and oxygen atoms in total. The maximum absolute atomic E-state index is 11.9. The SMILES string of the molecule is COc1ccc(-c2nc3nc(-c4ccc(OC)c(OC)c4)cc(C(=O)O)c3[nH]2)cc1. The van der Waals surface area contributed by atoms with Crippen LogP contribution in [-0.4, -0.2) is 47.4 Å². The number of nitrogens with one attached hydrogen (secondary N) is 1. The third kappa shape index (κ3) is 3.39. The number of carboxylic acid groups (broad SMARTS) is 1. The lowest BCUT2D eigenvalue weighted by Crippen LogP contribution is -2.00. The number of carbonyl (C=O) groups is 1. The quantitative estimate of drug-likeness (QED) is 0.499. The number of aromatic carboxylic acids is 1. The first kappa shape index (κ1) is 19.3. The Kier molecular flexibility index (Phi) is 4.97. The minimum absolute atomic E-state index is 0.0806. The normalized spacial score (nSPS) is 10.8. The Morgan fingerprint density at radius 1 is 0.867 bits per heavy atom. The molecule has 0 aliphatic heterocycles. The second-order valence-electron chi connectivity index (χ2n) is 6.44. The van der Waals surface area contributed by atoms with E-state index in [1.807, 2.05) is 24.3 Å². The van der Waals surface area contributed by atoms with Gasteiger partial charge in [0.2, 0.25) is 0 Å². The number of fused-ring (bicyclic) bond motifs is 1. The molecule has 0 aliphatic rings. The molecule has 2 N–H and O–H groups in total. The summed E-state index contributed by atoms with van der Waals surface area (Å²) in [6.07, 6.45) is 0. The molecule has 0 spiro atoms. The number of benzene rings is 2. The predicted octanol–water partition coefficient (Wildman–Crippen LogP) is 4.02. The van der Waals surface area contributed by atoms with Crippen LogP contribution in [0.1, 0.15) is 10.4 Å². The molecule has 8 heteroatoms. The summed E-state index contributed by atoms with van der Waals surface area (Å²) in [5.41, 5.74) is 2.69. The zero-order valence-electron chi connectivity index (χ0n) is 16.6. The Hall–Kier alpha value is -4.07. The third-order valence-corrected chi connectivity index (χ3v) is 4.73. The van der Waals surface area contributed by atoms with Crippen LogP contribution in [0, 0.1) is 0 Å². The number of imidazole rings is 1. The number of pyridine rings is 1. The highest BCUT2D eigenvalue weighted by molar-refractivity contribution is 6.02. The lowest BCUT2D eigenvalue weighted by atomic mass is 10.1. The van der Waals surface area contributed by atoms with Gasteiger partial charge in [0.25, 0.3) is 0 Å². The second-order valence-corrected chi connectivity index (χ2v) is 6.44. The van der Waals surface area contributed by atoms with Crippen molar-refractivity contribution in [2.75, 3.05) is 21.3 Å². The molecule has 0 unspecified atom stereocenters. The Labute approximate surface area is 172 Å². The highest BCUT2D eigenvalue weighted by Gasteiger charge is 2.18. The lowest BCUT2D eigenvalue weighted by Gasteiger charge is -2.09. The minimum atomic E-state index is -1.07. The van der Waals surface area contributed by atoms with Crippen LogP contribution in [0.3, 0.4) is 0 Å². The van der Waals surface area contributed by atoms with E-state index in [0.29, 0.717) is 39.7 Å². The van der Waals surface area contributed by atoms with Gasteiger partial charge in [-0.25, -0.2) is 14.8 Å². The number of hydrogen-bond acceptors (Lipinski definition) is 6. The van der Waals surface area contributed by atoms with Gasteiger partial charge in [0.1, 0.15) is 11.6 Å². The van der Waals surface area contributed by atoms with E-state index in [4.69, 9.17) is 14.2 Å². The minimum Gasteiger partial charge on any atom is -0.497 e. The highest BCUT2D eigenvalue weighted by Crippen LogP contribution is 2.33. The maximum Gasteiger partial charge on any atom is 0.338 e. The number of rotatable bonds is 6. The van der Waals surface area contributed by atoms with Crippen molar-refractivity contribution in [2.45, 2.75) is 0 Å². The molecule has 152 valence electrons. The number of nitrogens with zero attached hydrogens (tertiary/aromatic N) is 2. The van der Waals surface area contributed by atoms with Gasteiger partial charge in [-0.2, -0.15) is 0 Å². The number of aromatic amines is 1. The number of H-pyrrole nitrogens is 1. The summed E-state index contributed by atoms with van der Waals surface area (Å²) < 4.78 is 15.8. The van der Waals surface area contributed by atoms with Gasteiger partial charge in [0.05, 0.1) is 38.1 Å². The van der Waals surface area contributed by atoms with Gasteiger partial charge in [-0.1, -0.05) is 0 Å². The number of ether oxygens (including phenoxy) is 3. The van der Waals surface area contributed by atoms with E-state index in [2.05, 4.69) is 15.0 Å². The molecule has 2 aromatic heterocycles. The average molecular weight is 405 g/mol. The molecule has 2 heterocycles. The van der Waals surface area contributed by atoms with E-state index in [0.717, 1.165) is 11.3 Å². The van der Waals surface area contributed by atoms with Crippen LogP contribution in [0.4, 0.5) is 0 Å². The summed E-state index contributed by atoms with van der Waals surface area (Å²) in [4.78, 5) is 24.1. The van der Waals surface area contributed by atoms with Crippen LogP contribution >= 0.6 is 0 Å². The molecule has 2 aromatic carbocycles. The van der Waals surface area contributed by atoms with Crippen molar-refractivity contribution in [3.05, 3.63) is 54.1 Å². The van der Waals surface area contributed by atoms with Gasteiger partial charge >= 0.3 is 5.97 Å². The predicted molar refractivity (Wildman–Crippen MR) is 111 cm³/mol. The smallest absolute Gasteiger partial charge is 0.338 e. The van der Waals surface area contributed by atoms with E-state index in [1.165, 1.54) is 13.2 Å². The standard InChI is InChI=1S/C22H19N3O5/c1-28-14-7-4-12(5-8-14)20-24-19-15(22(26)27)11-16(23-21(19)25-20)13-6-9-17(29-2)18(10-13)30-3/h4-11H,1-3H3,(H,26,27)(H,23,24,25). The monoisotopic (exact) mass is 405 g/mol. The van der Waals surface area contributed by atoms with Gasteiger partial charge in [-0.3, -0.25) is 0 Å². The first-order valence-corrected chi connectivity index (χ1v) is 9.05. The molecule has 0 fully saturated rings. The van der Waals surface area contributed by atoms with Crippen molar-refractivity contribution in [3.63, 3.8) is 0 Å². The van der Waals surface area contributed by atoms with Crippen LogP contribution in [0.5, 0.6) is 17.2 Å². The average Bonchev–Trinajstić information content (AvgIpc) is 3.22. The van der Waals surface area contributed by atoms with Crippen molar-refractivity contribution in [1.29, 1.82) is 0 Å². The summed E-state index contributed by atoms with van der Waals surface area (Å²) >= 11 is 0. The summed E-state index contributed by atoms with van der Waals surface area (Å²) in [5, 5.41) is 9.75. The topological polar surface area (TPSA) is 107 Å². The Morgan fingerprint density at radius 3 is 2.20 bits per heavy atom. The molecular formula is C22H19N3O5. The fraction of sp³-hybridized carbons (Fsp3) is 0.136. The Bertz CT molecular complexity index is 1230. The molecule has 4 rings (SSSR count). The van der Waals surface area contributed by atoms with Crippen LogP contribution in [-0.2, 0) is 0 Å². The number of aromatic nitrogens is 3. The second kappa shape index (κ2) is 7.75. The van der Waals surface area contributed by atoms with Crippen molar-refractivity contribution < 1.29 is 24.1 Å². The van der Waals surface area contributed by atoms with Crippen molar-refractivity contribution in [1.82, 2.24) is 15.0 Å². The largest absolute Gasteiger partial charge is 0.497 e. The van der Waals surface area contributed by atoms with Crippen LogP contribution < -0.4 is 14.2 Å². The van der Waals surface area contributed by atoms with Gasteiger partial charge in [-0.05, 0) is 48.5 Å². The van der Waals surface area contributed by atoms with E-state index in [1.54, 1.807) is 32.4 Å². The first-order chi connectivity index (χ1) is 14.5. The number of methoxy groups -OCH3 is 3. The number of hydrogen-bond donors (Lipinski definition) is 2. The Balaban J connectivity index is 1.85. The van der Waals surface area contributed by atoms with Crippen LogP contribution in [0.2, 0.25) is 0 Å². The zero-order valence-corrected chi connectivity index (χ0v) is 16.6. The molecule has 0 atom stereocenters. The zero-order chi connectivity index (χ0) is 21.3. The molecule has 0 saturated carbocycles. The summed E-state index contributed by atoms with van der Waals surface area (Å²) in [7, 11) is 4.68. The molecule has 0 saturated heterocycles. The summed E-state index contributed by atoms with van der Waals surface area (Å²) in [5.74, 6) is 1.26. The third-order valence-electron chi connectivity index (χ3n) is 4.73. The molecular weight excluding hydrogens is 386 g/mol. The molecule has 0 radical (unpaired) electrons. The molecule has 0 amide bonds. The van der Waals surface area contributed by atoms with Gasteiger partial charge in [0, 0.05) is 11.1 Å². The van der Waals surface area contributed by atoms with Crippen molar-refractivity contribution in [2.24, 2.45) is 0 Å². The Morgan fingerprint density at radius 2 is 1.57 bits per heavy atom. The van der Waals surface area contributed by atoms with E-state index < -0.39 is 5.97 Å². The lowest BCUT2D eigenvalue weighted by molar-refractivity contribution is 0.0699. The summed E-state index contributed by atoms with van der Waals surface area (Å²) in [6, 6.07) is 14.1. The van der Waals surface area contributed by atoms with E-state index >= 15 is 0 Å². The molecule has 0 bridgehead atoms. The van der Waals surface area contributed by atoms with Crippen LogP contribution in [0.25, 0.3) is 33.8 Å². The molecule has 4 aromatic rings. The van der Waals surface area contributed by atoms with Gasteiger partial charge < -0.3 is 24.3 Å². The van der Waals surface area contributed by atoms with Crippen molar-refractivity contribution in [3.8, 4) is 39.9 Å². The molecule has 0 aliphatic carbocycles.